The maximum absolute atomic E-state index is 13.1. The second-order valence-electron chi connectivity index (χ2n) is 8.16. The summed E-state index contributed by atoms with van der Waals surface area (Å²) in [6.07, 6.45) is 3.87. The molecule has 1 aromatic heterocycles. The molecule has 0 saturated carbocycles. The lowest BCUT2D eigenvalue weighted by Crippen LogP contribution is -2.48. The Labute approximate surface area is 194 Å². The molecule has 1 saturated heterocycles. The fraction of sp³-hybridized carbons (Fsp3) is 0.308. The molecule has 3 aromatic rings. The molecule has 0 unspecified atom stereocenters. The van der Waals surface area contributed by atoms with Crippen molar-refractivity contribution in [2.75, 3.05) is 20.1 Å². The number of piperidine rings is 1. The Morgan fingerprint density at radius 3 is 2.55 bits per heavy atom. The van der Waals surface area contributed by atoms with Crippen molar-refractivity contribution in [3.63, 3.8) is 0 Å². The van der Waals surface area contributed by atoms with Gasteiger partial charge in [-0.05, 0) is 54.3 Å². The molecule has 2 aromatic carbocycles. The van der Waals surface area contributed by atoms with Crippen molar-refractivity contribution < 1.29 is 9.13 Å². The number of halogens is 1. The van der Waals surface area contributed by atoms with Crippen LogP contribution in [-0.4, -0.2) is 42.0 Å². The highest BCUT2D eigenvalue weighted by molar-refractivity contribution is 5.79. The van der Waals surface area contributed by atoms with Crippen LogP contribution in [0.3, 0.4) is 0 Å². The minimum Gasteiger partial charge on any atom is -0.439 e. The Kier molecular flexibility index (Phi) is 7.87. The van der Waals surface area contributed by atoms with Gasteiger partial charge in [0.25, 0.3) is 0 Å². The van der Waals surface area contributed by atoms with E-state index in [1.165, 1.54) is 17.7 Å². The van der Waals surface area contributed by atoms with E-state index in [2.05, 4.69) is 55.8 Å². The van der Waals surface area contributed by atoms with E-state index in [1.54, 1.807) is 25.4 Å². The molecule has 33 heavy (non-hydrogen) atoms. The number of benzene rings is 2. The van der Waals surface area contributed by atoms with Gasteiger partial charge < -0.3 is 15.4 Å². The predicted molar refractivity (Wildman–Crippen MR) is 129 cm³/mol. The molecule has 4 rings (SSSR count). The summed E-state index contributed by atoms with van der Waals surface area (Å²) in [6, 6.07) is 20.7. The van der Waals surface area contributed by atoms with Crippen LogP contribution < -0.4 is 15.4 Å². The van der Waals surface area contributed by atoms with E-state index in [0.717, 1.165) is 44.0 Å². The van der Waals surface area contributed by atoms with Gasteiger partial charge in [-0.3, -0.25) is 9.89 Å². The Bertz CT molecular complexity index is 1030. The molecule has 2 N–H and O–H groups in total. The molecule has 1 fully saturated rings. The minimum absolute atomic E-state index is 0.297. The molecule has 2 heterocycles. The maximum Gasteiger partial charge on any atom is 0.219 e. The van der Waals surface area contributed by atoms with E-state index < -0.39 is 0 Å². The molecule has 0 bridgehead atoms. The quantitative estimate of drug-likeness (QED) is 0.417. The van der Waals surface area contributed by atoms with Gasteiger partial charge in [0.05, 0.1) is 0 Å². The Balaban J connectivity index is 1.23. The molecular weight excluding hydrogens is 417 g/mol. The number of ether oxygens (including phenoxy) is 1. The maximum atomic E-state index is 13.1. The van der Waals surface area contributed by atoms with Crippen molar-refractivity contribution in [2.45, 2.75) is 32.0 Å². The molecule has 0 spiro atoms. The van der Waals surface area contributed by atoms with Gasteiger partial charge in [-0.2, -0.15) is 0 Å². The van der Waals surface area contributed by atoms with E-state index in [0.29, 0.717) is 24.2 Å². The van der Waals surface area contributed by atoms with Gasteiger partial charge >= 0.3 is 0 Å². The molecule has 0 amide bonds. The fourth-order valence-corrected chi connectivity index (χ4v) is 3.89. The van der Waals surface area contributed by atoms with Gasteiger partial charge in [-0.15, -0.1) is 0 Å². The first-order chi connectivity index (χ1) is 16.2. The summed E-state index contributed by atoms with van der Waals surface area (Å²) in [5.41, 5.74) is 2.38. The first kappa shape index (κ1) is 22.7. The topological polar surface area (TPSA) is 61.8 Å². The number of aliphatic imine (C=N–C) groups is 1. The first-order valence-corrected chi connectivity index (χ1v) is 11.3. The normalized spacial score (nSPS) is 15.3. The van der Waals surface area contributed by atoms with Crippen LogP contribution in [0.1, 0.15) is 24.0 Å². The van der Waals surface area contributed by atoms with Crippen molar-refractivity contribution in [3.05, 3.63) is 89.9 Å². The molecule has 1 aliphatic heterocycles. The lowest BCUT2D eigenvalue weighted by atomic mass is 10.0. The Morgan fingerprint density at radius 1 is 1.06 bits per heavy atom. The van der Waals surface area contributed by atoms with Crippen molar-refractivity contribution in [1.29, 1.82) is 0 Å². The molecule has 6 nitrogen and oxygen atoms in total. The highest BCUT2D eigenvalue weighted by Gasteiger charge is 2.20. The lowest BCUT2D eigenvalue weighted by Gasteiger charge is -2.33. The van der Waals surface area contributed by atoms with Crippen LogP contribution in [0.4, 0.5) is 4.39 Å². The molecule has 0 atom stereocenters. The summed E-state index contributed by atoms with van der Waals surface area (Å²) in [5.74, 6) is 1.50. The highest BCUT2D eigenvalue weighted by Crippen LogP contribution is 2.20. The lowest BCUT2D eigenvalue weighted by molar-refractivity contribution is 0.198. The molecule has 0 radical (unpaired) electrons. The third-order valence-electron chi connectivity index (χ3n) is 5.70. The Morgan fingerprint density at radius 2 is 1.82 bits per heavy atom. The van der Waals surface area contributed by atoms with Gasteiger partial charge in [0.2, 0.25) is 5.88 Å². The zero-order valence-corrected chi connectivity index (χ0v) is 18.9. The summed E-state index contributed by atoms with van der Waals surface area (Å²) >= 11 is 0. The van der Waals surface area contributed by atoms with E-state index in [1.807, 2.05) is 12.1 Å². The van der Waals surface area contributed by atoms with Crippen LogP contribution in [0.2, 0.25) is 0 Å². The van der Waals surface area contributed by atoms with Gasteiger partial charge in [0.15, 0.2) is 5.96 Å². The van der Waals surface area contributed by atoms with E-state index in [9.17, 15) is 4.39 Å². The van der Waals surface area contributed by atoms with Crippen molar-refractivity contribution in [2.24, 2.45) is 4.99 Å². The van der Waals surface area contributed by atoms with Crippen LogP contribution in [0.15, 0.2) is 77.9 Å². The fourth-order valence-electron chi connectivity index (χ4n) is 3.89. The smallest absolute Gasteiger partial charge is 0.219 e. The molecular formula is C26H30FN5O. The molecule has 7 heteroatoms. The summed E-state index contributed by atoms with van der Waals surface area (Å²) < 4.78 is 18.8. The first-order valence-electron chi connectivity index (χ1n) is 11.3. The number of aromatic nitrogens is 1. The van der Waals surface area contributed by atoms with Gasteiger partial charge in [-0.1, -0.05) is 30.3 Å². The second kappa shape index (κ2) is 11.4. The summed E-state index contributed by atoms with van der Waals surface area (Å²) in [5, 5.41) is 6.92. The third-order valence-corrected chi connectivity index (χ3v) is 5.70. The number of guanidine groups is 1. The molecule has 0 aliphatic carbocycles. The van der Waals surface area contributed by atoms with E-state index >= 15 is 0 Å². The average Bonchev–Trinajstić information content (AvgIpc) is 2.85. The van der Waals surface area contributed by atoms with Gasteiger partial charge in [0, 0.05) is 51.5 Å². The van der Waals surface area contributed by atoms with Crippen molar-refractivity contribution in [1.82, 2.24) is 20.5 Å². The second-order valence-corrected chi connectivity index (χ2v) is 8.16. The third kappa shape index (κ3) is 7.02. The van der Waals surface area contributed by atoms with Gasteiger partial charge in [-0.25, -0.2) is 9.37 Å². The largest absolute Gasteiger partial charge is 0.439 e. The molecule has 172 valence electrons. The number of rotatable bonds is 7. The predicted octanol–water partition coefficient (Wildman–Crippen LogP) is 4.34. The number of nitrogens with one attached hydrogen (secondary N) is 2. The van der Waals surface area contributed by atoms with Crippen LogP contribution in [0, 0.1) is 5.82 Å². The molecule has 1 aliphatic rings. The highest BCUT2D eigenvalue weighted by atomic mass is 19.1. The number of hydrogen-bond acceptors (Lipinski definition) is 4. The van der Waals surface area contributed by atoms with Crippen LogP contribution in [0.5, 0.6) is 11.6 Å². The van der Waals surface area contributed by atoms with E-state index in [-0.39, 0.29) is 5.82 Å². The number of pyridine rings is 1. The average molecular weight is 448 g/mol. The van der Waals surface area contributed by atoms with Crippen molar-refractivity contribution >= 4 is 5.96 Å². The SMILES string of the molecule is CN=C(NCc1ccnc(Oc2ccc(F)cc2)c1)NC1CCN(Cc2ccccc2)CC1. The van der Waals surface area contributed by atoms with Gasteiger partial charge in [0.1, 0.15) is 11.6 Å². The zero-order valence-electron chi connectivity index (χ0n) is 18.9. The summed E-state index contributed by atoms with van der Waals surface area (Å²) in [6.45, 7) is 3.73. The monoisotopic (exact) mass is 447 g/mol. The number of nitrogens with zero attached hydrogens (tertiary/aromatic N) is 3. The minimum atomic E-state index is -0.297. The number of hydrogen-bond donors (Lipinski definition) is 2. The van der Waals surface area contributed by atoms with Crippen LogP contribution >= 0.6 is 0 Å². The van der Waals surface area contributed by atoms with Crippen LogP contribution in [-0.2, 0) is 13.1 Å². The van der Waals surface area contributed by atoms with Crippen molar-refractivity contribution in [3.8, 4) is 11.6 Å². The summed E-state index contributed by atoms with van der Waals surface area (Å²) in [4.78, 5) is 11.1. The standard InChI is InChI=1S/C26H30FN5O/c1-28-26(31-23-12-15-32(16-13-23)19-20-5-3-2-4-6-20)30-18-21-11-14-29-25(17-21)33-24-9-7-22(27)8-10-24/h2-11,14,17,23H,12-13,15-16,18-19H2,1H3,(H2,28,30,31). The zero-order chi connectivity index (χ0) is 22.9. The van der Waals surface area contributed by atoms with Crippen LogP contribution in [0.25, 0.3) is 0 Å². The number of likely N-dealkylation sites (tertiary alicyclic amines) is 1. The Hall–Kier alpha value is -3.45. The van der Waals surface area contributed by atoms with E-state index in [4.69, 9.17) is 4.74 Å². The summed E-state index contributed by atoms with van der Waals surface area (Å²) in [7, 11) is 1.79.